The molecule has 2 atom stereocenters. The van der Waals surface area contributed by atoms with Crippen LogP contribution in [0.5, 0.6) is 0 Å². The lowest BCUT2D eigenvalue weighted by Gasteiger charge is -2.26. The predicted molar refractivity (Wildman–Crippen MR) is 74.7 cm³/mol. The second-order valence-corrected chi connectivity index (χ2v) is 4.95. The lowest BCUT2D eigenvalue weighted by atomic mass is 9.97. The zero-order valence-corrected chi connectivity index (χ0v) is 11.8. The van der Waals surface area contributed by atoms with Crippen LogP contribution in [0.25, 0.3) is 0 Å². The number of hydrogen-bond acceptors (Lipinski definition) is 3. The van der Waals surface area contributed by atoms with Crippen LogP contribution in [-0.2, 0) is 11.3 Å². The van der Waals surface area contributed by atoms with Gasteiger partial charge < -0.3 is 15.2 Å². The molecule has 1 amide bonds. The van der Waals surface area contributed by atoms with Gasteiger partial charge >= 0.3 is 6.09 Å². The standard InChI is InChI=1S/C15H23NO3/c1-4-13(17)14(11(2)3)16-15(18)19-10-12-8-6-5-7-9-12/h5-9,11,13-14,17H,4,10H2,1-3H3,(H,16,18)/t13-,14+/m1/s1. The molecule has 0 aliphatic heterocycles. The highest BCUT2D eigenvalue weighted by Crippen LogP contribution is 2.10. The third-order valence-corrected chi connectivity index (χ3v) is 3.05. The van der Waals surface area contributed by atoms with Gasteiger partial charge in [-0.15, -0.1) is 0 Å². The molecule has 1 aromatic carbocycles. The van der Waals surface area contributed by atoms with Gasteiger partial charge in [-0.05, 0) is 17.9 Å². The van der Waals surface area contributed by atoms with Gasteiger partial charge in [0.25, 0.3) is 0 Å². The number of benzene rings is 1. The lowest BCUT2D eigenvalue weighted by molar-refractivity contribution is 0.0840. The number of ether oxygens (including phenoxy) is 1. The van der Waals surface area contributed by atoms with Crippen LogP contribution >= 0.6 is 0 Å². The van der Waals surface area contributed by atoms with Crippen molar-refractivity contribution >= 4 is 6.09 Å². The van der Waals surface area contributed by atoms with Gasteiger partial charge in [0.05, 0.1) is 12.1 Å². The summed E-state index contributed by atoms with van der Waals surface area (Å²) < 4.78 is 5.14. The molecule has 0 radical (unpaired) electrons. The minimum atomic E-state index is -0.552. The molecule has 0 fully saturated rings. The highest BCUT2D eigenvalue weighted by Gasteiger charge is 2.23. The molecule has 106 valence electrons. The second-order valence-electron chi connectivity index (χ2n) is 4.95. The summed E-state index contributed by atoms with van der Waals surface area (Å²) in [6.45, 7) is 6.04. The van der Waals surface area contributed by atoms with Gasteiger partial charge in [0.1, 0.15) is 6.61 Å². The quantitative estimate of drug-likeness (QED) is 0.831. The summed E-state index contributed by atoms with van der Waals surface area (Å²) in [5.74, 6) is 0.152. The molecule has 0 aliphatic carbocycles. The Balaban J connectivity index is 2.45. The zero-order valence-electron chi connectivity index (χ0n) is 11.8. The summed E-state index contributed by atoms with van der Waals surface area (Å²) >= 11 is 0. The number of aliphatic hydroxyl groups excluding tert-OH is 1. The average Bonchev–Trinajstić information content (AvgIpc) is 2.42. The Morgan fingerprint density at radius 1 is 1.32 bits per heavy atom. The maximum absolute atomic E-state index is 11.7. The van der Waals surface area contributed by atoms with E-state index < -0.39 is 12.2 Å². The molecular weight excluding hydrogens is 242 g/mol. The van der Waals surface area contributed by atoms with Gasteiger partial charge in [-0.1, -0.05) is 51.1 Å². The molecule has 1 aromatic rings. The Morgan fingerprint density at radius 2 is 1.95 bits per heavy atom. The molecule has 0 spiro atoms. The molecule has 2 N–H and O–H groups in total. The number of nitrogens with one attached hydrogen (secondary N) is 1. The van der Waals surface area contributed by atoms with Gasteiger partial charge in [-0.25, -0.2) is 4.79 Å². The van der Waals surface area contributed by atoms with Gasteiger partial charge in [-0.2, -0.15) is 0 Å². The largest absolute Gasteiger partial charge is 0.445 e. The molecular formula is C15H23NO3. The van der Waals surface area contributed by atoms with Crippen LogP contribution in [0, 0.1) is 5.92 Å². The van der Waals surface area contributed by atoms with E-state index in [0.717, 1.165) is 5.56 Å². The molecule has 0 unspecified atom stereocenters. The first-order valence-corrected chi connectivity index (χ1v) is 6.69. The molecule has 1 rings (SSSR count). The first-order chi connectivity index (χ1) is 9.04. The summed E-state index contributed by atoms with van der Waals surface area (Å²) in [4.78, 5) is 11.7. The summed E-state index contributed by atoms with van der Waals surface area (Å²) in [6.07, 6.45) is -0.443. The summed E-state index contributed by atoms with van der Waals surface area (Å²) in [5, 5.41) is 12.6. The Morgan fingerprint density at radius 3 is 2.47 bits per heavy atom. The fourth-order valence-electron chi connectivity index (χ4n) is 1.86. The van der Waals surface area contributed by atoms with E-state index in [1.807, 2.05) is 51.1 Å². The highest BCUT2D eigenvalue weighted by molar-refractivity contribution is 5.67. The van der Waals surface area contributed by atoms with Gasteiger partial charge in [-0.3, -0.25) is 0 Å². The van der Waals surface area contributed by atoms with Crippen molar-refractivity contribution in [1.29, 1.82) is 0 Å². The van der Waals surface area contributed by atoms with Crippen LogP contribution in [0.4, 0.5) is 4.79 Å². The number of amides is 1. The summed E-state index contributed by atoms with van der Waals surface area (Å²) in [6, 6.07) is 9.22. The number of carbonyl (C=O) groups is 1. The van der Waals surface area contributed by atoms with E-state index in [1.54, 1.807) is 0 Å². The van der Waals surface area contributed by atoms with Crippen LogP contribution in [-0.4, -0.2) is 23.3 Å². The van der Waals surface area contributed by atoms with E-state index in [1.165, 1.54) is 0 Å². The molecule has 4 nitrogen and oxygen atoms in total. The van der Waals surface area contributed by atoms with Crippen molar-refractivity contribution in [1.82, 2.24) is 5.32 Å². The molecule has 4 heteroatoms. The van der Waals surface area contributed by atoms with Crippen LogP contribution in [0.2, 0.25) is 0 Å². The SMILES string of the molecule is CC[C@@H](O)[C@@H](NC(=O)OCc1ccccc1)C(C)C. The van der Waals surface area contributed by atoms with Crippen LogP contribution in [0.1, 0.15) is 32.8 Å². The molecule has 0 bridgehead atoms. The first-order valence-electron chi connectivity index (χ1n) is 6.69. The Kier molecular flexibility index (Phi) is 6.36. The van der Waals surface area contributed by atoms with Crippen LogP contribution in [0.15, 0.2) is 30.3 Å². The fraction of sp³-hybridized carbons (Fsp3) is 0.533. The fourth-order valence-corrected chi connectivity index (χ4v) is 1.86. The van der Waals surface area contributed by atoms with Gasteiger partial charge in [0.2, 0.25) is 0 Å². The van der Waals surface area contributed by atoms with E-state index in [2.05, 4.69) is 5.32 Å². The van der Waals surface area contributed by atoms with E-state index >= 15 is 0 Å². The summed E-state index contributed by atoms with van der Waals surface area (Å²) in [7, 11) is 0. The maximum Gasteiger partial charge on any atom is 0.407 e. The number of alkyl carbamates (subject to hydrolysis) is 1. The minimum absolute atomic E-state index is 0.152. The second kappa shape index (κ2) is 7.79. The first kappa shape index (κ1) is 15.5. The molecule has 0 saturated carbocycles. The van der Waals surface area contributed by atoms with Crippen LogP contribution in [0.3, 0.4) is 0 Å². The van der Waals surface area contributed by atoms with Crippen molar-refractivity contribution in [2.24, 2.45) is 5.92 Å². The molecule has 0 saturated heterocycles. The van der Waals surface area contributed by atoms with E-state index in [0.29, 0.717) is 6.42 Å². The van der Waals surface area contributed by atoms with E-state index in [9.17, 15) is 9.90 Å². The molecule has 19 heavy (non-hydrogen) atoms. The molecule has 0 aromatic heterocycles. The van der Waals surface area contributed by atoms with Crippen molar-refractivity contribution in [2.75, 3.05) is 0 Å². The third kappa shape index (κ3) is 5.30. The number of hydrogen-bond donors (Lipinski definition) is 2. The Bertz CT molecular complexity index is 378. The van der Waals surface area contributed by atoms with Crippen molar-refractivity contribution in [3.05, 3.63) is 35.9 Å². The number of rotatable bonds is 6. The molecule has 0 heterocycles. The van der Waals surface area contributed by atoms with Crippen molar-refractivity contribution in [2.45, 2.75) is 45.9 Å². The lowest BCUT2D eigenvalue weighted by Crippen LogP contribution is -2.46. The Labute approximate surface area is 114 Å². The summed E-state index contributed by atoms with van der Waals surface area (Å²) in [5.41, 5.74) is 0.940. The third-order valence-electron chi connectivity index (χ3n) is 3.05. The van der Waals surface area contributed by atoms with E-state index in [4.69, 9.17) is 4.74 Å². The predicted octanol–water partition coefficient (Wildman–Crippen LogP) is 2.71. The number of carbonyl (C=O) groups excluding carboxylic acids is 1. The van der Waals surface area contributed by atoms with Crippen molar-refractivity contribution in [3.63, 3.8) is 0 Å². The minimum Gasteiger partial charge on any atom is -0.445 e. The van der Waals surface area contributed by atoms with Gasteiger partial charge in [0.15, 0.2) is 0 Å². The van der Waals surface area contributed by atoms with Gasteiger partial charge in [0, 0.05) is 0 Å². The smallest absolute Gasteiger partial charge is 0.407 e. The topological polar surface area (TPSA) is 58.6 Å². The normalized spacial score (nSPS) is 13.9. The maximum atomic E-state index is 11.7. The zero-order chi connectivity index (χ0) is 14.3. The monoisotopic (exact) mass is 265 g/mol. The van der Waals surface area contributed by atoms with Crippen molar-refractivity contribution < 1.29 is 14.6 Å². The average molecular weight is 265 g/mol. The van der Waals surface area contributed by atoms with Crippen LogP contribution < -0.4 is 5.32 Å². The highest BCUT2D eigenvalue weighted by atomic mass is 16.5. The van der Waals surface area contributed by atoms with Crippen molar-refractivity contribution in [3.8, 4) is 0 Å². The van der Waals surface area contributed by atoms with E-state index in [-0.39, 0.29) is 18.6 Å². The number of aliphatic hydroxyl groups is 1. The Hall–Kier alpha value is -1.55. The molecule has 0 aliphatic rings.